The number of nitrogens with one attached hydrogen (secondary N) is 3. The lowest BCUT2D eigenvalue weighted by Gasteiger charge is -2.11. The Kier molecular flexibility index (Phi) is 3.11. The molecule has 0 amide bonds. The van der Waals surface area contributed by atoms with Crippen LogP contribution in [0.25, 0.3) is 0 Å². The van der Waals surface area contributed by atoms with Crippen molar-refractivity contribution in [3.05, 3.63) is 46.2 Å². The van der Waals surface area contributed by atoms with Gasteiger partial charge >= 0.3 is 6.18 Å². The number of halogens is 3. The molecule has 2 rings (SSSR count). The maximum atomic E-state index is 12.7. The third-order valence-electron chi connectivity index (χ3n) is 2.22. The highest BCUT2D eigenvalue weighted by Crippen LogP contribution is 2.34. The van der Waals surface area contributed by atoms with Gasteiger partial charge in [0, 0.05) is 0 Å². The fourth-order valence-corrected chi connectivity index (χ4v) is 1.36. The lowest BCUT2D eigenvalue weighted by atomic mass is 10.2. The Morgan fingerprint density at radius 1 is 1.05 bits per heavy atom. The molecule has 0 aliphatic heterocycles. The standard InChI is InChI=1S/C10H7F3N6/c11-10(12,13)5-3-1-2-4-6(5)16-17-7-8(14)18-19-9(7)15/h1-4,14-16H. The molecule has 0 saturated heterocycles. The summed E-state index contributed by atoms with van der Waals surface area (Å²) in [5.74, 6) is 0. The zero-order valence-electron chi connectivity index (χ0n) is 9.28. The second-order valence-electron chi connectivity index (χ2n) is 3.51. The van der Waals surface area contributed by atoms with E-state index >= 15 is 0 Å². The number of hydrogen-bond donors (Lipinski definition) is 3. The van der Waals surface area contributed by atoms with E-state index in [0.717, 1.165) is 6.07 Å². The van der Waals surface area contributed by atoms with Crippen LogP contribution in [0.5, 0.6) is 0 Å². The van der Waals surface area contributed by atoms with Gasteiger partial charge in [-0.05, 0) is 12.1 Å². The van der Waals surface area contributed by atoms with Crippen molar-refractivity contribution in [2.45, 2.75) is 6.18 Å². The molecule has 0 fully saturated rings. The molecule has 0 aliphatic rings. The molecule has 2 aromatic rings. The van der Waals surface area contributed by atoms with E-state index in [1.54, 1.807) is 0 Å². The molecule has 6 nitrogen and oxygen atoms in total. The minimum atomic E-state index is -4.52. The normalized spacial score (nSPS) is 11.3. The molecule has 0 aliphatic carbocycles. The molecule has 9 heteroatoms. The predicted octanol–water partition coefficient (Wildman–Crippen LogP) is 0.258. The molecule has 0 saturated carbocycles. The van der Waals surface area contributed by atoms with Crippen molar-refractivity contribution in [2.24, 2.45) is 5.10 Å². The average Bonchev–Trinajstić information content (AvgIpc) is 2.66. The summed E-state index contributed by atoms with van der Waals surface area (Å²) in [7, 11) is 0. The number of rotatable bonds is 2. The summed E-state index contributed by atoms with van der Waals surface area (Å²) in [6, 6.07) is 4.77. The molecule has 1 heterocycles. The summed E-state index contributed by atoms with van der Waals surface area (Å²) in [5.41, 5.74) is 0.289. The fourth-order valence-electron chi connectivity index (χ4n) is 1.36. The first-order valence-electron chi connectivity index (χ1n) is 4.99. The number of anilines is 1. The van der Waals surface area contributed by atoms with Crippen LogP contribution in [0.1, 0.15) is 5.56 Å². The van der Waals surface area contributed by atoms with Gasteiger partial charge in [0.15, 0.2) is 16.3 Å². The van der Waals surface area contributed by atoms with Crippen molar-refractivity contribution in [1.29, 1.82) is 10.8 Å². The molecule has 1 aromatic carbocycles. The Morgan fingerprint density at radius 3 is 2.21 bits per heavy atom. The van der Waals surface area contributed by atoms with E-state index in [-0.39, 0.29) is 22.0 Å². The van der Waals surface area contributed by atoms with Gasteiger partial charge in [0.2, 0.25) is 0 Å². The van der Waals surface area contributed by atoms with Gasteiger partial charge in [-0.2, -0.15) is 18.3 Å². The van der Waals surface area contributed by atoms with Crippen LogP contribution in [-0.4, -0.2) is 10.2 Å². The maximum Gasteiger partial charge on any atom is 0.418 e. The number of benzene rings is 1. The van der Waals surface area contributed by atoms with Gasteiger partial charge in [-0.1, -0.05) is 12.1 Å². The summed E-state index contributed by atoms with van der Waals surface area (Å²) in [6.07, 6.45) is -4.52. The zero-order valence-corrected chi connectivity index (χ0v) is 9.28. The van der Waals surface area contributed by atoms with E-state index < -0.39 is 11.7 Å². The molecular formula is C10H7F3N6. The van der Waals surface area contributed by atoms with Crippen molar-refractivity contribution in [2.75, 3.05) is 5.43 Å². The molecule has 0 unspecified atom stereocenters. The van der Waals surface area contributed by atoms with Gasteiger partial charge < -0.3 is 0 Å². The molecule has 0 spiro atoms. The quantitative estimate of drug-likeness (QED) is 0.681. The Bertz CT molecular complexity index is 711. The number of para-hydroxylation sites is 1. The minimum Gasteiger partial charge on any atom is -0.279 e. The monoisotopic (exact) mass is 268 g/mol. The Balaban J connectivity index is 2.44. The van der Waals surface area contributed by atoms with Gasteiger partial charge in [0.25, 0.3) is 0 Å². The molecule has 0 bridgehead atoms. The summed E-state index contributed by atoms with van der Waals surface area (Å²) < 4.78 is 38.1. The van der Waals surface area contributed by atoms with Crippen LogP contribution in [0, 0.1) is 10.8 Å². The SMILES string of the molecule is N=c1nnc(=N)c1=NNc1ccccc1C(F)(F)F. The van der Waals surface area contributed by atoms with Gasteiger partial charge in [-0.15, -0.1) is 10.2 Å². The van der Waals surface area contributed by atoms with E-state index in [0.29, 0.717) is 0 Å². The Labute approximate surface area is 104 Å². The van der Waals surface area contributed by atoms with Gasteiger partial charge in [0.05, 0.1) is 11.3 Å². The summed E-state index contributed by atoms with van der Waals surface area (Å²) in [5, 5.41) is 24.5. The van der Waals surface area contributed by atoms with Gasteiger partial charge in [-0.25, -0.2) is 0 Å². The highest BCUT2D eigenvalue weighted by Gasteiger charge is 2.33. The van der Waals surface area contributed by atoms with Crippen LogP contribution in [-0.2, 0) is 6.18 Å². The third kappa shape index (κ3) is 2.64. The molecule has 98 valence electrons. The van der Waals surface area contributed by atoms with E-state index in [1.165, 1.54) is 18.2 Å². The highest BCUT2D eigenvalue weighted by atomic mass is 19.4. The van der Waals surface area contributed by atoms with Crippen LogP contribution in [0.3, 0.4) is 0 Å². The smallest absolute Gasteiger partial charge is 0.279 e. The predicted molar refractivity (Wildman–Crippen MR) is 56.7 cm³/mol. The lowest BCUT2D eigenvalue weighted by molar-refractivity contribution is -0.136. The number of nitrogens with zero attached hydrogens (tertiary/aromatic N) is 3. The number of alkyl halides is 3. The number of aromatic nitrogens is 2. The van der Waals surface area contributed by atoms with E-state index in [9.17, 15) is 13.2 Å². The van der Waals surface area contributed by atoms with E-state index in [1.807, 2.05) is 0 Å². The van der Waals surface area contributed by atoms with E-state index in [4.69, 9.17) is 10.8 Å². The van der Waals surface area contributed by atoms with Crippen LogP contribution in [0.15, 0.2) is 29.4 Å². The van der Waals surface area contributed by atoms with Crippen LogP contribution in [0.4, 0.5) is 18.9 Å². The number of hydrogen-bond acceptors (Lipinski definition) is 6. The summed E-state index contributed by atoms with van der Waals surface area (Å²) in [4.78, 5) is 0. The van der Waals surface area contributed by atoms with Crippen molar-refractivity contribution in [1.82, 2.24) is 10.2 Å². The maximum absolute atomic E-state index is 12.7. The fraction of sp³-hybridized carbons (Fsp3) is 0.100. The van der Waals surface area contributed by atoms with Crippen LogP contribution < -0.4 is 21.8 Å². The van der Waals surface area contributed by atoms with Crippen LogP contribution in [0.2, 0.25) is 0 Å². The van der Waals surface area contributed by atoms with E-state index in [2.05, 4.69) is 20.7 Å². The summed E-state index contributed by atoms with van der Waals surface area (Å²) in [6.45, 7) is 0. The molecule has 0 atom stereocenters. The Morgan fingerprint density at radius 2 is 1.63 bits per heavy atom. The molecule has 19 heavy (non-hydrogen) atoms. The second-order valence-corrected chi connectivity index (χ2v) is 3.51. The lowest BCUT2D eigenvalue weighted by Crippen LogP contribution is -2.34. The minimum absolute atomic E-state index is 0.211. The molecule has 0 radical (unpaired) electrons. The first-order chi connectivity index (χ1) is 8.89. The van der Waals surface area contributed by atoms with Crippen molar-refractivity contribution >= 4 is 5.69 Å². The first-order valence-corrected chi connectivity index (χ1v) is 4.99. The second kappa shape index (κ2) is 4.59. The van der Waals surface area contributed by atoms with Crippen molar-refractivity contribution in [3.63, 3.8) is 0 Å². The summed E-state index contributed by atoms with van der Waals surface area (Å²) >= 11 is 0. The van der Waals surface area contributed by atoms with Crippen LogP contribution >= 0.6 is 0 Å². The third-order valence-corrected chi connectivity index (χ3v) is 2.22. The van der Waals surface area contributed by atoms with Gasteiger partial charge in [0.1, 0.15) is 0 Å². The molecule has 3 N–H and O–H groups in total. The van der Waals surface area contributed by atoms with Gasteiger partial charge in [-0.3, -0.25) is 16.2 Å². The van der Waals surface area contributed by atoms with Crippen molar-refractivity contribution in [3.8, 4) is 0 Å². The highest BCUT2D eigenvalue weighted by molar-refractivity contribution is 5.51. The molecular weight excluding hydrogens is 261 g/mol. The van der Waals surface area contributed by atoms with Crippen molar-refractivity contribution < 1.29 is 13.2 Å². The topological polar surface area (TPSA) is 97.9 Å². The largest absolute Gasteiger partial charge is 0.418 e. The first kappa shape index (κ1) is 12.9. The zero-order chi connectivity index (χ0) is 14.0. The Hall–Kier alpha value is -2.58. The molecule has 1 aromatic heterocycles. The average molecular weight is 268 g/mol.